The number of fused-ring (bicyclic) bond motifs is 5. The van der Waals surface area contributed by atoms with Crippen LogP contribution in [0.2, 0.25) is 5.02 Å². The molecule has 0 unspecified atom stereocenters. The smallest absolute Gasteiger partial charge is 0.157 e. The first-order valence-electron chi connectivity index (χ1n) is 13.9. The largest absolute Gasteiger partial charge is 0.398 e. The summed E-state index contributed by atoms with van der Waals surface area (Å²) in [4.78, 5) is 17.9. The number of aliphatic hydroxyl groups is 1. The van der Waals surface area contributed by atoms with Gasteiger partial charge in [0.1, 0.15) is 0 Å². The van der Waals surface area contributed by atoms with Gasteiger partial charge in [-0.2, -0.15) is 0 Å². The second-order valence-electron chi connectivity index (χ2n) is 12.9. The Morgan fingerprint density at radius 1 is 1.17 bits per heavy atom. The number of nitrogen functional groups attached to an aromatic ring is 1. The predicted molar refractivity (Wildman–Crippen MR) is 145 cm³/mol. The number of aliphatic imine (C=N–C) groups is 1. The minimum Gasteiger partial charge on any atom is -0.398 e. The fourth-order valence-electron chi connectivity index (χ4n) is 9.31. The van der Waals surface area contributed by atoms with Crippen LogP contribution in [0.4, 0.5) is 5.69 Å². The average Bonchev–Trinajstić information content (AvgIpc) is 3.19. The van der Waals surface area contributed by atoms with Crippen molar-refractivity contribution >= 4 is 29.3 Å². The monoisotopic (exact) mass is 514 g/mol. The summed E-state index contributed by atoms with van der Waals surface area (Å²) in [5, 5.41) is 11.5. The fraction of sp³-hybridized carbons (Fsp3) is 0.733. The topological polar surface area (TPSA) is 84.9 Å². The lowest BCUT2D eigenvalue weighted by atomic mass is 9.43. The van der Waals surface area contributed by atoms with E-state index in [0.29, 0.717) is 34.4 Å². The van der Waals surface area contributed by atoms with Gasteiger partial charge in [-0.3, -0.25) is 9.79 Å². The number of nitrogens with two attached hydrogens (primary N) is 1. The van der Waals surface area contributed by atoms with E-state index in [2.05, 4.69) is 11.9 Å². The van der Waals surface area contributed by atoms with E-state index < -0.39 is 5.60 Å². The molecule has 0 aliphatic heterocycles. The highest BCUT2D eigenvalue weighted by Crippen LogP contribution is 2.68. The van der Waals surface area contributed by atoms with Crippen LogP contribution in [-0.4, -0.2) is 43.0 Å². The van der Waals surface area contributed by atoms with Crippen LogP contribution in [-0.2, 0) is 9.53 Å². The summed E-state index contributed by atoms with van der Waals surface area (Å²) in [7, 11) is 1.84. The molecule has 36 heavy (non-hydrogen) atoms. The molecule has 8 atom stereocenters. The quantitative estimate of drug-likeness (QED) is 0.363. The van der Waals surface area contributed by atoms with E-state index in [4.69, 9.17) is 22.1 Å². The molecule has 3 N–H and O–H groups in total. The number of nitrogens with zero attached hydrogens (tertiary/aromatic N) is 1. The first kappa shape index (κ1) is 26.2. The first-order chi connectivity index (χ1) is 17.1. The maximum Gasteiger partial charge on any atom is 0.157 e. The number of carbonyl (C=O) groups is 1. The minimum absolute atomic E-state index is 0.0596. The summed E-state index contributed by atoms with van der Waals surface area (Å²) >= 11 is 6.09. The molecular formula is C30H43ClN2O3. The van der Waals surface area contributed by atoms with Crippen LogP contribution in [0.25, 0.3) is 0 Å². The molecule has 1 aromatic rings. The van der Waals surface area contributed by atoms with Crippen molar-refractivity contribution in [3.05, 3.63) is 28.8 Å². The van der Waals surface area contributed by atoms with Gasteiger partial charge in [0.2, 0.25) is 0 Å². The fourth-order valence-corrected chi connectivity index (χ4v) is 9.49. The SMILES string of the molecule is COC[C@]12CC[C@@](C)(O)C[C@@H]1CC[C@H]1[C@@H]3CC[C@H](C(=O)CN=Cc4cc(Cl)ccc4N)[C@@]3(C)CC[C@@H]12. The van der Waals surface area contributed by atoms with Crippen LogP contribution in [0.1, 0.15) is 77.2 Å². The maximum absolute atomic E-state index is 13.5. The van der Waals surface area contributed by atoms with Crippen molar-refractivity contribution in [3.8, 4) is 0 Å². The molecule has 198 valence electrons. The Kier molecular flexibility index (Phi) is 7.06. The van der Waals surface area contributed by atoms with Gasteiger partial charge < -0.3 is 15.6 Å². The molecule has 0 aromatic heterocycles. The molecule has 0 heterocycles. The Hall–Kier alpha value is -1.43. The number of methoxy groups -OCH3 is 1. The summed E-state index contributed by atoms with van der Waals surface area (Å²) in [5.41, 5.74) is 7.12. The highest BCUT2D eigenvalue weighted by molar-refractivity contribution is 6.31. The molecule has 0 spiro atoms. The normalized spacial score (nSPS) is 42.1. The molecule has 4 aliphatic carbocycles. The molecule has 4 saturated carbocycles. The standard InChI is InChI=1S/C30H43ClN2O3/c1-28(35)12-13-30(18-36-3)20(15-28)4-6-22-23-7-8-25(29(23,2)11-10-24(22)30)27(34)17-33-16-19-14-21(31)5-9-26(19)32/h5,9,14,16,20,22-25,35H,4,6-8,10-13,15,17-18,32H2,1-3H3/t20-,22-,23-,24-,25+,28+,29-,30+/m0/s1. The molecule has 6 heteroatoms. The van der Waals surface area contributed by atoms with Crippen molar-refractivity contribution in [1.29, 1.82) is 0 Å². The maximum atomic E-state index is 13.5. The van der Waals surface area contributed by atoms with Crippen LogP contribution in [0.3, 0.4) is 0 Å². The number of hydrogen-bond acceptors (Lipinski definition) is 5. The number of Topliss-reactive ketones (excluding diaryl/α,β-unsaturated/α-hetero) is 1. The van der Waals surface area contributed by atoms with Crippen molar-refractivity contribution in [2.24, 2.45) is 45.4 Å². The number of carbonyl (C=O) groups excluding carboxylic acids is 1. The Bertz CT molecular complexity index is 1030. The molecule has 0 amide bonds. The second kappa shape index (κ2) is 9.71. The summed E-state index contributed by atoms with van der Waals surface area (Å²) in [5.74, 6) is 2.78. The van der Waals surface area contributed by atoms with Gasteiger partial charge in [0.25, 0.3) is 0 Å². The lowest BCUT2D eigenvalue weighted by Gasteiger charge is -2.62. The average molecular weight is 515 g/mol. The molecule has 5 rings (SSSR count). The molecule has 5 nitrogen and oxygen atoms in total. The van der Waals surface area contributed by atoms with Crippen molar-refractivity contribution in [3.63, 3.8) is 0 Å². The Morgan fingerprint density at radius 3 is 2.75 bits per heavy atom. The first-order valence-corrected chi connectivity index (χ1v) is 14.3. The zero-order chi connectivity index (χ0) is 25.7. The van der Waals surface area contributed by atoms with E-state index in [1.807, 2.05) is 14.0 Å². The van der Waals surface area contributed by atoms with Crippen LogP contribution < -0.4 is 5.73 Å². The van der Waals surface area contributed by atoms with E-state index in [0.717, 1.165) is 50.7 Å². The van der Waals surface area contributed by atoms with Crippen molar-refractivity contribution in [1.82, 2.24) is 0 Å². The van der Waals surface area contributed by atoms with E-state index in [9.17, 15) is 9.90 Å². The highest BCUT2D eigenvalue weighted by Gasteiger charge is 2.63. The zero-order valence-electron chi connectivity index (χ0n) is 22.1. The molecule has 0 saturated heterocycles. The van der Waals surface area contributed by atoms with Crippen molar-refractivity contribution < 1.29 is 14.6 Å². The number of ether oxygens (including phenoxy) is 1. The summed E-state index contributed by atoms with van der Waals surface area (Å²) in [6.07, 6.45) is 11.3. The van der Waals surface area contributed by atoms with Gasteiger partial charge in [0.05, 0.1) is 18.8 Å². The van der Waals surface area contributed by atoms with E-state index in [-0.39, 0.29) is 29.1 Å². The summed E-state index contributed by atoms with van der Waals surface area (Å²) in [6, 6.07) is 5.32. The molecule has 0 radical (unpaired) electrons. The third-order valence-corrected chi connectivity index (χ3v) is 11.2. The molecule has 1 aromatic carbocycles. The number of hydrogen-bond donors (Lipinski definition) is 2. The zero-order valence-corrected chi connectivity index (χ0v) is 22.9. The second-order valence-corrected chi connectivity index (χ2v) is 13.3. The highest BCUT2D eigenvalue weighted by atomic mass is 35.5. The number of ketones is 1. The van der Waals surface area contributed by atoms with Crippen LogP contribution in [0, 0.1) is 40.4 Å². The van der Waals surface area contributed by atoms with Crippen molar-refractivity contribution in [2.75, 3.05) is 26.0 Å². The minimum atomic E-state index is -0.543. The Balaban J connectivity index is 1.31. The number of benzene rings is 1. The molecule has 0 bridgehead atoms. The van der Waals surface area contributed by atoms with Gasteiger partial charge in [-0.25, -0.2) is 0 Å². The Labute approximate surface area is 221 Å². The lowest BCUT2D eigenvalue weighted by molar-refractivity contribution is -0.175. The van der Waals surface area contributed by atoms with Crippen LogP contribution >= 0.6 is 11.6 Å². The van der Waals surface area contributed by atoms with Crippen molar-refractivity contribution in [2.45, 2.75) is 77.2 Å². The van der Waals surface area contributed by atoms with Gasteiger partial charge in [-0.1, -0.05) is 18.5 Å². The van der Waals surface area contributed by atoms with E-state index in [1.165, 1.54) is 19.3 Å². The summed E-state index contributed by atoms with van der Waals surface area (Å²) < 4.78 is 5.88. The number of halogens is 1. The van der Waals surface area contributed by atoms with E-state index >= 15 is 0 Å². The molecule has 4 aliphatic rings. The summed E-state index contributed by atoms with van der Waals surface area (Å²) in [6.45, 7) is 5.42. The molecule has 4 fully saturated rings. The van der Waals surface area contributed by atoms with Gasteiger partial charge in [0.15, 0.2) is 5.78 Å². The van der Waals surface area contributed by atoms with Gasteiger partial charge in [-0.05, 0) is 117 Å². The van der Waals surface area contributed by atoms with Crippen LogP contribution in [0.5, 0.6) is 0 Å². The Morgan fingerprint density at radius 2 is 1.97 bits per heavy atom. The third-order valence-electron chi connectivity index (χ3n) is 11.0. The van der Waals surface area contributed by atoms with Crippen LogP contribution in [0.15, 0.2) is 23.2 Å². The molecular weight excluding hydrogens is 472 g/mol. The van der Waals surface area contributed by atoms with Gasteiger partial charge in [-0.15, -0.1) is 0 Å². The van der Waals surface area contributed by atoms with E-state index in [1.54, 1.807) is 24.4 Å². The van der Waals surface area contributed by atoms with Gasteiger partial charge in [0, 0.05) is 35.5 Å². The predicted octanol–water partition coefficient (Wildman–Crippen LogP) is 5.95. The lowest BCUT2D eigenvalue weighted by Crippen LogP contribution is -2.58. The number of anilines is 1. The number of rotatable bonds is 6. The van der Waals surface area contributed by atoms with Gasteiger partial charge >= 0.3 is 0 Å². The third kappa shape index (κ3) is 4.43.